The third-order valence-electron chi connectivity index (χ3n) is 2.26. The summed E-state index contributed by atoms with van der Waals surface area (Å²) in [7, 11) is 0. The van der Waals surface area contributed by atoms with Crippen LogP contribution in [0.1, 0.15) is 27.2 Å². The zero-order valence-electron chi connectivity index (χ0n) is 7.22. The molecule has 0 unspecified atom stereocenters. The van der Waals surface area contributed by atoms with Crippen LogP contribution in [0.5, 0.6) is 0 Å². The van der Waals surface area contributed by atoms with Gasteiger partial charge >= 0.3 is 0 Å². The Bertz CT molecular complexity index is 118. The van der Waals surface area contributed by atoms with Crippen molar-refractivity contribution in [1.82, 2.24) is 4.90 Å². The molecule has 1 rings (SSSR count). The molecule has 2 N–H and O–H groups in total. The summed E-state index contributed by atoms with van der Waals surface area (Å²) in [6, 6.07) is 0.658. The molecule has 2 nitrogen and oxygen atoms in total. The quantitative estimate of drug-likeness (QED) is 0.587. The molecule has 60 valence electrons. The Morgan fingerprint density at radius 1 is 1.50 bits per heavy atom. The molecule has 1 fully saturated rings. The van der Waals surface area contributed by atoms with Gasteiger partial charge in [-0.15, -0.1) is 0 Å². The first kappa shape index (κ1) is 8.02. The highest BCUT2D eigenvalue weighted by atomic mass is 15.2. The molecule has 2 heteroatoms. The molecule has 1 heterocycles. The van der Waals surface area contributed by atoms with Crippen LogP contribution < -0.4 is 5.73 Å². The molecule has 0 aliphatic carbocycles. The number of hydrogen-bond acceptors (Lipinski definition) is 2. The fourth-order valence-corrected chi connectivity index (χ4v) is 1.46. The maximum atomic E-state index is 5.96. The van der Waals surface area contributed by atoms with E-state index in [-0.39, 0.29) is 5.54 Å². The first-order valence-corrected chi connectivity index (χ1v) is 4.04. The number of rotatable bonds is 1. The van der Waals surface area contributed by atoms with Crippen molar-refractivity contribution >= 4 is 0 Å². The van der Waals surface area contributed by atoms with E-state index < -0.39 is 0 Å². The Hall–Kier alpha value is -0.0800. The van der Waals surface area contributed by atoms with Crippen molar-refractivity contribution in [3.8, 4) is 0 Å². The van der Waals surface area contributed by atoms with Crippen molar-refractivity contribution in [3.63, 3.8) is 0 Å². The van der Waals surface area contributed by atoms with Crippen LogP contribution in [0.15, 0.2) is 0 Å². The van der Waals surface area contributed by atoms with E-state index in [1.807, 2.05) is 0 Å². The van der Waals surface area contributed by atoms with Gasteiger partial charge in [0, 0.05) is 24.7 Å². The first-order chi connectivity index (χ1) is 4.51. The number of nitrogens with zero attached hydrogens (tertiary/aromatic N) is 1. The summed E-state index contributed by atoms with van der Waals surface area (Å²) in [5, 5.41) is 0. The number of likely N-dealkylation sites (tertiary alicyclic amines) is 1. The summed E-state index contributed by atoms with van der Waals surface area (Å²) in [6.07, 6.45) is 1.14. The lowest BCUT2D eigenvalue weighted by Crippen LogP contribution is -2.40. The second kappa shape index (κ2) is 2.51. The average molecular weight is 142 g/mol. The van der Waals surface area contributed by atoms with Crippen molar-refractivity contribution < 1.29 is 0 Å². The lowest BCUT2D eigenvalue weighted by Gasteiger charge is -2.22. The van der Waals surface area contributed by atoms with Gasteiger partial charge in [-0.1, -0.05) is 0 Å². The number of hydrogen-bond donors (Lipinski definition) is 1. The molecule has 0 aromatic carbocycles. The molecule has 0 aromatic heterocycles. The second-order valence-electron chi connectivity index (χ2n) is 3.97. The van der Waals surface area contributed by atoms with Gasteiger partial charge in [0.2, 0.25) is 0 Å². The summed E-state index contributed by atoms with van der Waals surface area (Å²) in [5.41, 5.74) is 6.04. The topological polar surface area (TPSA) is 29.3 Å². The smallest absolute Gasteiger partial charge is 0.0267 e. The summed E-state index contributed by atoms with van der Waals surface area (Å²) < 4.78 is 0. The first-order valence-electron chi connectivity index (χ1n) is 4.04. The SMILES string of the molecule is CC(C)N1CC[C@](C)(N)C1. The molecule has 0 bridgehead atoms. The van der Waals surface area contributed by atoms with Gasteiger partial charge in [-0.3, -0.25) is 4.90 Å². The standard InChI is InChI=1S/C8H18N2/c1-7(2)10-5-4-8(3,9)6-10/h7H,4-6,9H2,1-3H3/t8-/m0/s1. The minimum atomic E-state index is 0.0737. The molecule has 1 saturated heterocycles. The molecule has 10 heavy (non-hydrogen) atoms. The van der Waals surface area contributed by atoms with E-state index in [1.165, 1.54) is 6.54 Å². The van der Waals surface area contributed by atoms with E-state index in [9.17, 15) is 0 Å². The van der Waals surface area contributed by atoms with Crippen molar-refractivity contribution in [3.05, 3.63) is 0 Å². The van der Waals surface area contributed by atoms with Crippen LogP contribution in [-0.2, 0) is 0 Å². The van der Waals surface area contributed by atoms with Crippen LogP contribution in [-0.4, -0.2) is 29.6 Å². The van der Waals surface area contributed by atoms with Crippen LogP contribution in [0.3, 0.4) is 0 Å². The molecular weight excluding hydrogens is 124 g/mol. The monoisotopic (exact) mass is 142 g/mol. The van der Waals surface area contributed by atoms with E-state index in [0.29, 0.717) is 6.04 Å². The fourth-order valence-electron chi connectivity index (χ4n) is 1.46. The Morgan fingerprint density at radius 3 is 2.30 bits per heavy atom. The van der Waals surface area contributed by atoms with Crippen molar-refractivity contribution in [2.75, 3.05) is 13.1 Å². The summed E-state index contributed by atoms with van der Waals surface area (Å²) in [6.45, 7) is 8.81. The largest absolute Gasteiger partial charge is 0.324 e. The summed E-state index contributed by atoms with van der Waals surface area (Å²) in [5.74, 6) is 0. The van der Waals surface area contributed by atoms with E-state index in [4.69, 9.17) is 5.73 Å². The molecule has 0 aromatic rings. The molecule has 0 spiro atoms. The lowest BCUT2D eigenvalue weighted by molar-refractivity contribution is 0.260. The molecule has 1 aliphatic rings. The molecule has 1 aliphatic heterocycles. The average Bonchev–Trinajstić information content (AvgIpc) is 2.10. The van der Waals surface area contributed by atoms with Gasteiger partial charge in [0.25, 0.3) is 0 Å². The highest BCUT2D eigenvalue weighted by molar-refractivity contribution is 4.91. The Balaban J connectivity index is 2.43. The fraction of sp³-hybridized carbons (Fsp3) is 1.00. The summed E-state index contributed by atoms with van der Waals surface area (Å²) >= 11 is 0. The van der Waals surface area contributed by atoms with Crippen molar-refractivity contribution in [2.24, 2.45) is 5.73 Å². The van der Waals surface area contributed by atoms with Crippen LogP contribution in [0.25, 0.3) is 0 Å². The Labute approximate surface area is 63.4 Å². The van der Waals surface area contributed by atoms with Crippen LogP contribution >= 0.6 is 0 Å². The predicted molar refractivity (Wildman–Crippen MR) is 43.9 cm³/mol. The van der Waals surface area contributed by atoms with E-state index >= 15 is 0 Å². The van der Waals surface area contributed by atoms with Crippen molar-refractivity contribution in [1.29, 1.82) is 0 Å². The molecule has 1 atom stereocenters. The predicted octanol–water partition coefficient (Wildman–Crippen LogP) is 0.818. The Kier molecular flexibility index (Phi) is 2.02. The van der Waals surface area contributed by atoms with Gasteiger partial charge in [-0.05, 0) is 27.2 Å². The van der Waals surface area contributed by atoms with Crippen LogP contribution in [0, 0.1) is 0 Å². The van der Waals surface area contributed by atoms with Gasteiger partial charge in [0.15, 0.2) is 0 Å². The molecule has 0 radical (unpaired) electrons. The number of nitrogens with two attached hydrogens (primary N) is 1. The molecule has 0 saturated carbocycles. The van der Waals surface area contributed by atoms with Gasteiger partial charge in [-0.25, -0.2) is 0 Å². The van der Waals surface area contributed by atoms with Gasteiger partial charge in [-0.2, -0.15) is 0 Å². The highest BCUT2D eigenvalue weighted by Crippen LogP contribution is 2.19. The zero-order valence-corrected chi connectivity index (χ0v) is 7.22. The maximum Gasteiger partial charge on any atom is 0.0267 e. The highest BCUT2D eigenvalue weighted by Gasteiger charge is 2.30. The van der Waals surface area contributed by atoms with Gasteiger partial charge in [0.1, 0.15) is 0 Å². The van der Waals surface area contributed by atoms with Crippen LogP contribution in [0.2, 0.25) is 0 Å². The maximum absolute atomic E-state index is 5.96. The van der Waals surface area contributed by atoms with Gasteiger partial charge < -0.3 is 5.73 Å². The Morgan fingerprint density at radius 2 is 2.10 bits per heavy atom. The van der Waals surface area contributed by atoms with E-state index in [0.717, 1.165) is 13.0 Å². The third-order valence-corrected chi connectivity index (χ3v) is 2.26. The minimum absolute atomic E-state index is 0.0737. The van der Waals surface area contributed by atoms with Crippen LogP contribution in [0.4, 0.5) is 0 Å². The molecule has 0 amide bonds. The van der Waals surface area contributed by atoms with E-state index in [1.54, 1.807) is 0 Å². The van der Waals surface area contributed by atoms with Gasteiger partial charge in [0.05, 0.1) is 0 Å². The second-order valence-corrected chi connectivity index (χ2v) is 3.97. The van der Waals surface area contributed by atoms with E-state index in [2.05, 4.69) is 25.7 Å². The summed E-state index contributed by atoms with van der Waals surface area (Å²) in [4.78, 5) is 2.43. The normalized spacial score (nSPS) is 35.7. The zero-order chi connectivity index (χ0) is 7.78. The van der Waals surface area contributed by atoms with Crippen molar-refractivity contribution in [2.45, 2.75) is 38.8 Å². The third kappa shape index (κ3) is 1.70. The molecular formula is C8H18N2. The lowest BCUT2D eigenvalue weighted by atomic mass is 10.0. The minimum Gasteiger partial charge on any atom is -0.324 e.